The van der Waals surface area contributed by atoms with E-state index in [0.717, 1.165) is 16.3 Å². The van der Waals surface area contributed by atoms with Crippen molar-refractivity contribution in [3.8, 4) is 17.2 Å². The van der Waals surface area contributed by atoms with Gasteiger partial charge in [-0.2, -0.15) is 0 Å². The van der Waals surface area contributed by atoms with Crippen molar-refractivity contribution in [1.29, 1.82) is 0 Å². The van der Waals surface area contributed by atoms with Gasteiger partial charge in [0.2, 0.25) is 12.5 Å². The van der Waals surface area contributed by atoms with Gasteiger partial charge in [0.05, 0.1) is 18.2 Å². The number of aliphatic hydroxyl groups excluding tert-OH is 1. The van der Waals surface area contributed by atoms with E-state index < -0.39 is 6.10 Å². The first-order valence-electron chi connectivity index (χ1n) is 7.28. The van der Waals surface area contributed by atoms with Crippen LogP contribution >= 0.6 is 0 Å². The van der Waals surface area contributed by atoms with Crippen LogP contribution in [0.5, 0.6) is 17.2 Å². The van der Waals surface area contributed by atoms with E-state index in [9.17, 15) is 5.11 Å². The molecular weight excluding hydrogens is 294 g/mol. The summed E-state index contributed by atoms with van der Waals surface area (Å²) in [6.45, 7) is 0.159. The number of nitrogens with zero attached hydrogens (tertiary/aromatic N) is 1. The second kappa shape index (κ2) is 5.44. The van der Waals surface area contributed by atoms with Crippen LogP contribution in [0.25, 0.3) is 10.8 Å². The minimum absolute atomic E-state index is 0.159. The second-order valence-corrected chi connectivity index (χ2v) is 5.25. The van der Waals surface area contributed by atoms with Gasteiger partial charge in [-0.25, -0.2) is 0 Å². The molecule has 23 heavy (non-hydrogen) atoms. The second-order valence-electron chi connectivity index (χ2n) is 5.25. The molecule has 116 valence electrons. The summed E-state index contributed by atoms with van der Waals surface area (Å²) >= 11 is 0. The van der Waals surface area contributed by atoms with Gasteiger partial charge in [0, 0.05) is 6.20 Å². The predicted molar refractivity (Wildman–Crippen MR) is 84.9 cm³/mol. The minimum atomic E-state index is -0.853. The molecule has 2 aromatic carbocycles. The number of ether oxygens (including phenoxy) is 3. The molecule has 1 aromatic heterocycles. The summed E-state index contributed by atoms with van der Waals surface area (Å²) in [5.41, 5.74) is 1.30. The van der Waals surface area contributed by atoms with Crippen molar-refractivity contribution in [1.82, 2.24) is 4.98 Å². The van der Waals surface area contributed by atoms with Gasteiger partial charge in [0.15, 0.2) is 11.5 Å². The summed E-state index contributed by atoms with van der Waals surface area (Å²) in [4.78, 5) is 4.39. The van der Waals surface area contributed by atoms with E-state index in [4.69, 9.17) is 14.2 Å². The molecule has 0 fully saturated rings. The Labute approximate surface area is 133 Å². The van der Waals surface area contributed by atoms with E-state index in [1.54, 1.807) is 13.3 Å². The van der Waals surface area contributed by atoms with Gasteiger partial charge in [0.1, 0.15) is 6.10 Å². The standard InChI is InChI=1S/C18H15NO4/c1-21-18-14-12(9-13-17(18)23-10-22-13)7-8-19-15(14)16(20)11-5-3-2-4-6-11/h2-9,16,20H,10H2,1H3. The Morgan fingerprint density at radius 3 is 2.78 bits per heavy atom. The van der Waals surface area contributed by atoms with E-state index in [0.29, 0.717) is 22.9 Å². The average molecular weight is 309 g/mol. The lowest BCUT2D eigenvalue weighted by molar-refractivity contribution is 0.171. The maximum absolute atomic E-state index is 10.8. The van der Waals surface area contributed by atoms with Crippen LogP contribution in [0.15, 0.2) is 48.7 Å². The number of hydrogen-bond acceptors (Lipinski definition) is 5. The Hall–Kier alpha value is -2.79. The fourth-order valence-corrected chi connectivity index (χ4v) is 2.88. The van der Waals surface area contributed by atoms with Crippen LogP contribution < -0.4 is 14.2 Å². The lowest BCUT2D eigenvalue weighted by Gasteiger charge is -2.16. The highest BCUT2D eigenvalue weighted by atomic mass is 16.7. The zero-order valence-electron chi connectivity index (χ0n) is 12.5. The minimum Gasteiger partial charge on any atom is -0.492 e. The summed E-state index contributed by atoms with van der Waals surface area (Å²) in [7, 11) is 1.57. The Kier molecular flexibility index (Phi) is 3.28. The zero-order valence-corrected chi connectivity index (χ0v) is 12.5. The fourth-order valence-electron chi connectivity index (χ4n) is 2.88. The molecule has 5 nitrogen and oxygen atoms in total. The Balaban J connectivity index is 1.97. The molecule has 0 amide bonds. The highest BCUT2D eigenvalue weighted by Crippen LogP contribution is 2.47. The molecule has 0 saturated heterocycles. The van der Waals surface area contributed by atoms with Gasteiger partial charge in [-0.1, -0.05) is 30.3 Å². The summed E-state index contributed by atoms with van der Waals surface area (Å²) in [6, 6.07) is 13.1. The van der Waals surface area contributed by atoms with Gasteiger partial charge >= 0.3 is 0 Å². The first kappa shape index (κ1) is 13.8. The molecule has 1 aliphatic heterocycles. The highest BCUT2D eigenvalue weighted by molar-refractivity contribution is 5.95. The number of fused-ring (bicyclic) bond motifs is 2. The molecule has 1 aliphatic rings. The monoisotopic (exact) mass is 309 g/mol. The van der Waals surface area contributed by atoms with Crippen LogP contribution in [0.1, 0.15) is 17.4 Å². The number of hydrogen-bond donors (Lipinski definition) is 1. The van der Waals surface area contributed by atoms with E-state index in [1.807, 2.05) is 42.5 Å². The number of aliphatic hydroxyl groups is 1. The van der Waals surface area contributed by atoms with Crippen LogP contribution in [0.3, 0.4) is 0 Å². The van der Waals surface area contributed by atoms with Crippen LogP contribution in [-0.4, -0.2) is 24.0 Å². The number of rotatable bonds is 3. The molecule has 0 spiro atoms. The van der Waals surface area contributed by atoms with Gasteiger partial charge < -0.3 is 19.3 Å². The van der Waals surface area contributed by atoms with E-state index >= 15 is 0 Å². The van der Waals surface area contributed by atoms with Crippen LogP contribution in [0.4, 0.5) is 0 Å². The SMILES string of the molecule is COc1c2c(cc3ccnc(C(O)c4ccccc4)c13)OCO2. The van der Waals surface area contributed by atoms with E-state index in [2.05, 4.69) is 4.98 Å². The maximum Gasteiger partial charge on any atom is 0.231 e. The first-order chi connectivity index (χ1) is 11.3. The van der Waals surface area contributed by atoms with E-state index in [-0.39, 0.29) is 6.79 Å². The van der Waals surface area contributed by atoms with Crippen LogP contribution in [0, 0.1) is 0 Å². The molecule has 0 radical (unpaired) electrons. The van der Waals surface area contributed by atoms with Crippen LogP contribution in [-0.2, 0) is 0 Å². The Morgan fingerprint density at radius 2 is 2.00 bits per heavy atom. The summed E-state index contributed by atoms with van der Waals surface area (Å²) < 4.78 is 16.5. The third-order valence-corrected chi connectivity index (χ3v) is 3.95. The summed E-state index contributed by atoms with van der Waals surface area (Å²) in [5.74, 6) is 1.73. The lowest BCUT2D eigenvalue weighted by Crippen LogP contribution is -2.04. The molecule has 1 atom stereocenters. The maximum atomic E-state index is 10.8. The molecule has 3 aromatic rings. The van der Waals surface area contributed by atoms with Crippen molar-refractivity contribution >= 4 is 10.8 Å². The van der Waals surface area contributed by atoms with Crippen molar-refractivity contribution in [3.05, 3.63) is 59.9 Å². The number of aromatic nitrogens is 1. The van der Waals surface area contributed by atoms with Crippen molar-refractivity contribution in [2.75, 3.05) is 13.9 Å². The van der Waals surface area contributed by atoms with E-state index in [1.165, 1.54) is 0 Å². The van der Waals surface area contributed by atoms with Gasteiger partial charge in [-0.05, 0) is 23.1 Å². The molecule has 5 heteroatoms. The zero-order chi connectivity index (χ0) is 15.8. The highest BCUT2D eigenvalue weighted by Gasteiger charge is 2.26. The molecular formula is C18H15NO4. The van der Waals surface area contributed by atoms with Crippen molar-refractivity contribution in [2.24, 2.45) is 0 Å². The Bertz CT molecular complexity index is 864. The van der Waals surface area contributed by atoms with Crippen molar-refractivity contribution < 1.29 is 19.3 Å². The predicted octanol–water partition coefficient (Wildman–Crippen LogP) is 3.05. The van der Waals surface area contributed by atoms with Gasteiger partial charge in [-0.15, -0.1) is 0 Å². The van der Waals surface area contributed by atoms with Gasteiger partial charge in [-0.3, -0.25) is 4.98 Å². The molecule has 1 unspecified atom stereocenters. The van der Waals surface area contributed by atoms with Crippen molar-refractivity contribution in [2.45, 2.75) is 6.10 Å². The topological polar surface area (TPSA) is 60.8 Å². The third-order valence-electron chi connectivity index (χ3n) is 3.95. The smallest absolute Gasteiger partial charge is 0.231 e. The first-order valence-corrected chi connectivity index (χ1v) is 7.28. The molecule has 1 N–H and O–H groups in total. The normalized spacial score (nSPS) is 14.0. The summed E-state index contributed by atoms with van der Waals surface area (Å²) in [5, 5.41) is 12.4. The lowest BCUT2D eigenvalue weighted by atomic mass is 9.99. The molecule has 0 bridgehead atoms. The quantitative estimate of drug-likeness (QED) is 0.805. The largest absolute Gasteiger partial charge is 0.492 e. The van der Waals surface area contributed by atoms with Crippen molar-refractivity contribution in [3.63, 3.8) is 0 Å². The Morgan fingerprint density at radius 1 is 1.17 bits per heavy atom. The fraction of sp³-hybridized carbons (Fsp3) is 0.167. The summed E-state index contributed by atoms with van der Waals surface area (Å²) in [6.07, 6.45) is 0.819. The van der Waals surface area contributed by atoms with Crippen LogP contribution in [0.2, 0.25) is 0 Å². The number of methoxy groups -OCH3 is 1. The third kappa shape index (κ3) is 2.17. The van der Waals surface area contributed by atoms with Gasteiger partial charge in [0.25, 0.3) is 0 Å². The number of pyridine rings is 1. The average Bonchev–Trinajstić information content (AvgIpc) is 3.07. The molecule has 0 saturated carbocycles. The molecule has 4 rings (SSSR count). The molecule has 0 aliphatic carbocycles. The number of benzene rings is 2. The molecule has 2 heterocycles.